The van der Waals surface area contributed by atoms with Gasteiger partial charge in [0, 0.05) is 50.5 Å². The van der Waals surface area contributed by atoms with Crippen molar-refractivity contribution >= 4 is 22.5 Å². The summed E-state index contributed by atoms with van der Waals surface area (Å²) < 4.78 is 4.82. The molecule has 6 N–H and O–H groups in total. The summed E-state index contributed by atoms with van der Waals surface area (Å²) in [6, 6.07) is 15.2. The summed E-state index contributed by atoms with van der Waals surface area (Å²) in [7, 11) is 0. The van der Waals surface area contributed by atoms with Crippen LogP contribution in [0.1, 0.15) is 43.6 Å². The van der Waals surface area contributed by atoms with Gasteiger partial charge in [0.2, 0.25) is 0 Å². The standard InChI is InChI=1S/C29H39N7O3/c1-3-14-36-28(38)26-27(35(29(36)39)15-12-20-8-7-10-22(30)17-20)33-25(18-21-9-5-6-11-24(21)31)34(26)16-13-32-19-23(37)4-2/h5-11,17,23,32,37H,3-4,12-16,18-19,30-31H2,1-2H3. The molecule has 4 aromatic rings. The molecule has 10 nitrogen and oxygen atoms in total. The van der Waals surface area contributed by atoms with Crippen molar-refractivity contribution in [2.24, 2.45) is 0 Å². The number of aryl methyl sites for hydroxylation is 2. The molecular weight excluding hydrogens is 494 g/mol. The van der Waals surface area contributed by atoms with Crippen LogP contribution in [0.25, 0.3) is 11.2 Å². The minimum absolute atomic E-state index is 0.318. The van der Waals surface area contributed by atoms with Crippen LogP contribution in [-0.2, 0) is 32.5 Å². The number of nitrogens with two attached hydrogens (primary N) is 2. The molecule has 0 bridgehead atoms. The van der Waals surface area contributed by atoms with E-state index in [1.54, 1.807) is 4.57 Å². The SMILES string of the molecule is CCCn1c(=O)c2c(nc(Cc3ccccc3N)n2CCNCC(O)CC)n(CCc2cccc(N)c2)c1=O. The van der Waals surface area contributed by atoms with E-state index in [1.165, 1.54) is 4.57 Å². The highest BCUT2D eigenvalue weighted by molar-refractivity contribution is 5.71. The lowest BCUT2D eigenvalue weighted by Gasteiger charge is -2.14. The number of hydrogen-bond donors (Lipinski definition) is 4. The van der Waals surface area contributed by atoms with Crippen molar-refractivity contribution in [2.45, 2.75) is 65.3 Å². The Hall–Kier alpha value is -3.89. The van der Waals surface area contributed by atoms with Crippen LogP contribution in [0.5, 0.6) is 0 Å². The molecule has 0 amide bonds. The van der Waals surface area contributed by atoms with E-state index in [0.717, 1.165) is 11.1 Å². The number of aliphatic hydroxyl groups excluding tert-OH is 1. The summed E-state index contributed by atoms with van der Waals surface area (Å²) in [6.45, 7) is 5.97. The molecule has 0 aliphatic carbocycles. The van der Waals surface area contributed by atoms with Crippen molar-refractivity contribution in [1.29, 1.82) is 0 Å². The lowest BCUT2D eigenvalue weighted by molar-refractivity contribution is 0.167. The van der Waals surface area contributed by atoms with Crippen LogP contribution >= 0.6 is 0 Å². The Kier molecular flexibility index (Phi) is 9.21. The molecule has 2 heterocycles. The van der Waals surface area contributed by atoms with Crippen LogP contribution in [0, 0.1) is 0 Å². The van der Waals surface area contributed by atoms with Gasteiger partial charge in [-0.25, -0.2) is 9.78 Å². The third-order valence-electron chi connectivity index (χ3n) is 6.98. The number of benzene rings is 2. The first-order valence-corrected chi connectivity index (χ1v) is 13.6. The maximum Gasteiger partial charge on any atom is 0.332 e. The van der Waals surface area contributed by atoms with Gasteiger partial charge in [0.05, 0.1) is 6.10 Å². The zero-order valence-electron chi connectivity index (χ0n) is 22.8. The number of rotatable bonds is 13. The highest BCUT2D eigenvalue weighted by Gasteiger charge is 2.22. The van der Waals surface area contributed by atoms with Crippen LogP contribution < -0.4 is 28.0 Å². The summed E-state index contributed by atoms with van der Waals surface area (Å²) in [5.74, 6) is 0.657. The molecular formula is C29H39N7O3. The van der Waals surface area contributed by atoms with Crippen molar-refractivity contribution in [3.05, 3.63) is 86.3 Å². The number of hydrogen-bond acceptors (Lipinski definition) is 7. The van der Waals surface area contributed by atoms with Gasteiger partial charge in [-0.05, 0) is 48.6 Å². The number of nitrogens with zero attached hydrogens (tertiary/aromatic N) is 4. The lowest BCUT2D eigenvalue weighted by atomic mass is 10.1. The molecule has 0 saturated heterocycles. The number of imidazole rings is 1. The van der Waals surface area contributed by atoms with Gasteiger partial charge in [0.1, 0.15) is 5.82 Å². The second-order valence-electron chi connectivity index (χ2n) is 9.88. The molecule has 39 heavy (non-hydrogen) atoms. The number of para-hydroxylation sites is 1. The maximum absolute atomic E-state index is 13.7. The second-order valence-corrected chi connectivity index (χ2v) is 9.88. The number of aliphatic hydroxyl groups is 1. The fraction of sp³-hybridized carbons (Fsp3) is 0.414. The molecule has 2 aromatic heterocycles. The van der Waals surface area contributed by atoms with E-state index in [1.807, 2.05) is 66.9 Å². The van der Waals surface area contributed by atoms with E-state index in [-0.39, 0.29) is 11.2 Å². The third-order valence-corrected chi connectivity index (χ3v) is 6.98. The van der Waals surface area contributed by atoms with Gasteiger partial charge in [-0.15, -0.1) is 0 Å². The number of nitrogens with one attached hydrogen (secondary N) is 1. The zero-order valence-corrected chi connectivity index (χ0v) is 22.8. The van der Waals surface area contributed by atoms with Crippen LogP contribution in [-0.4, -0.2) is 43.0 Å². The van der Waals surface area contributed by atoms with Crippen molar-refractivity contribution in [2.75, 3.05) is 24.6 Å². The van der Waals surface area contributed by atoms with E-state index in [4.69, 9.17) is 16.5 Å². The van der Waals surface area contributed by atoms with E-state index >= 15 is 0 Å². The molecule has 0 aliphatic rings. The molecule has 0 radical (unpaired) electrons. The fourth-order valence-electron chi connectivity index (χ4n) is 4.79. The average Bonchev–Trinajstić information content (AvgIpc) is 3.28. The number of anilines is 2. The van der Waals surface area contributed by atoms with Crippen molar-refractivity contribution in [3.63, 3.8) is 0 Å². The van der Waals surface area contributed by atoms with Gasteiger partial charge in [0.15, 0.2) is 11.2 Å². The first kappa shape index (κ1) is 28.1. The molecule has 0 spiro atoms. The molecule has 2 aromatic carbocycles. The summed E-state index contributed by atoms with van der Waals surface area (Å²) in [5.41, 5.74) is 15.5. The molecule has 1 unspecified atom stereocenters. The molecule has 0 saturated carbocycles. The molecule has 208 valence electrons. The predicted octanol–water partition coefficient (Wildman–Crippen LogP) is 2.13. The Morgan fingerprint density at radius 1 is 0.974 bits per heavy atom. The largest absolute Gasteiger partial charge is 0.399 e. The minimum Gasteiger partial charge on any atom is -0.399 e. The Balaban J connectivity index is 1.83. The highest BCUT2D eigenvalue weighted by Crippen LogP contribution is 2.20. The van der Waals surface area contributed by atoms with E-state index in [0.29, 0.717) is 86.8 Å². The van der Waals surface area contributed by atoms with Crippen molar-refractivity contribution < 1.29 is 5.11 Å². The Bertz CT molecular complexity index is 1540. The summed E-state index contributed by atoms with van der Waals surface area (Å²) in [4.78, 5) is 32.2. The van der Waals surface area contributed by atoms with Gasteiger partial charge in [-0.2, -0.15) is 0 Å². The van der Waals surface area contributed by atoms with Gasteiger partial charge in [0.25, 0.3) is 5.56 Å². The van der Waals surface area contributed by atoms with Crippen LogP contribution in [0.4, 0.5) is 11.4 Å². The topological polar surface area (TPSA) is 146 Å². The molecule has 0 aliphatic heterocycles. The van der Waals surface area contributed by atoms with E-state index < -0.39 is 6.10 Å². The van der Waals surface area contributed by atoms with Gasteiger partial charge < -0.3 is 26.5 Å². The predicted molar refractivity (Wildman–Crippen MR) is 156 cm³/mol. The Morgan fingerprint density at radius 3 is 2.49 bits per heavy atom. The summed E-state index contributed by atoms with van der Waals surface area (Å²) >= 11 is 0. The average molecular weight is 534 g/mol. The molecule has 1 atom stereocenters. The first-order valence-electron chi connectivity index (χ1n) is 13.6. The molecule has 10 heteroatoms. The fourth-order valence-corrected chi connectivity index (χ4v) is 4.79. The Morgan fingerprint density at radius 2 is 1.77 bits per heavy atom. The number of aromatic nitrogens is 4. The van der Waals surface area contributed by atoms with E-state index in [9.17, 15) is 14.7 Å². The van der Waals surface area contributed by atoms with Crippen molar-refractivity contribution in [3.8, 4) is 0 Å². The number of nitrogen functional groups attached to an aromatic ring is 2. The second kappa shape index (κ2) is 12.8. The normalized spacial score (nSPS) is 12.3. The number of fused-ring (bicyclic) bond motifs is 1. The summed E-state index contributed by atoms with van der Waals surface area (Å²) in [6.07, 6.45) is 1.84. The van der Waals surface area contributed by atoms with Gasteiger partial charge in [-0.3, -0.25) is 13.9 Å². The smallest absolute Gasteiger partial charge is 0.332 e. The highest BCUT2D eigenvalue weighted by atomic mass is 16.3. The van der Waals surface area contributed by atoms with Crippen LogP contribution in [0.3, 0.4) is 0 Å². The van der Waals surface area contributed by atoms with Crippen molar-refractivity contribution in [1.82, 2.24) is 24.0 Å². The zero-order chi connectivity index (χ0) is 27.9. The maximum atomic E-state index is 13.7. The van der Waals surface area contributed by atoms with E-state index in [2.05, 4.69) is 5.32 Å². The first-order chi connectivity index (χ1) is 18.8. The lowest BCUT2D eigenvalue weighted by Crippen LogP contribution is -2.41. The minimum atomic E-state index is -0.438. The Labute approximate surface area is 227 Å². The third kappa shape index (κ3) is 6.40. The van der Waals surface area contributed by atoms with Gasteiger partial charge >= 0.3 is 5.69 Å². The molecule has 4 rings (SSSR count). The van der Waals surface area contributed by atoms with Crippen LogP contribution in [0.15, 0.2) is 58.1 Å². The van der Waals surface area contributed by atoms with Crippen LogP contribution in [0.2, 0.25) is 0 Å². The quantitative estimate of drug-likeness (QED) is 0.152. The van der Waals surface area contributed by atoms with Gasteiger partial charge in [-0.1, -0.05) is 44.2 Å². The molecule has 0 fully saturated rings. The summed E-state index contributed by atoms with van der Waals surface area (Å²) in [5, 5.41) is 13.2. The monoisotopic (exact) mass is 533 g/mol.